The number of carbonyl (C=O) groups excluding carboxylic acids is 2. The zero-order valence-corrected chi connectivity index (χ0v) is 12.2. The van der Waals surface area contributed by atoms with Gasteiger partial charge in [0.15, 0.2) is 0 Å². The third-order valence-electron chi connectivity index (χ3n) is 3.08. The number of nitrogens with two attached hydrogens (primary N) is 1. The van der Waals surface area contributed by atoms with Crippen molar-refractivity contribution in [2.75, 3.05) is 13.7 Å². The Hall–Kier alpha value is -1.88. The average Bonchev–Trinajstić information content (AvgIpc) is 2.45. The Kier molecular flexibility index (Phi) is 6.18. The maximum Gasteiger partial charge on any atom is 0.325 e. The molecule has 0 unspecified atom stereocenters. The first-order valence-corrected chi connectivity index (χ1v) is 6.60. The molecule has 1 aromatic rings. The molecule has 0 radical (unpaired) electrons. The van der Waals surface area contributed by atoms with Crippen LogP contribution in [-0.4, -0.2) is 36.5 Å². The summed E-state index contributed by atoms with van der Waals surface area (Å²) in [5, 5.41) is 0. The van der Waals surface area contributed by atoms with Gasteiger partial charge < -0.3 is 15.4 Å². The molecule has 0 fully saturated rings. The van der Waals surface area contributed by atoms with Gasteiger partial charge in [-0.1, -0.05) is 44.2 Å². The van der Waals surface area contributed by atoms with E-state index in [2.05, 4.69) is 4.74 Å². The normalized spacial score (nSPS) is 12.1. The van der Waals surface area contributed by atoms with Gasteiger partial charge in [-0.3, -0.25) is 9.59 Å². The lowest BCUT2D eigenvalue weighted by molar-refractivity contribution is -0.148. The van der Waals surface area contributed by atoms with Crippen LogP contribution in [0.5, 0.6) is 0 Å². The first kappa shape index (κ1) is 16.2. The molecule has 5 heteroatoms. The fourth-order valence-electron chi connectivity index (χ4n) is 1.73. The summed E-state index contributed by atoms with van der Waals surface area (Å²) in [5.41, 5.74) is 6.83. The molecule has 1 rings (SSSR count). The van der Waals surface area contributed by atoms with Gasteiger partial charge in [-0.2, -0.15) is 0 Å². The number of hydrogen-bond donors (Lipinski definition) is 1. The Morgan fingerprint density at radius 2 is 1.85 bits per heavy atom. The first-order valence-electron chi connectivity index (χ1n) is 6.60. The molecular formula is C15H22N2O3. The third kappa shape index (κ3) is 4.66. The predicted molar refractivity (Wildman–Crippen MR) is 76.7 cm³/mol. The molecule has 0 heterocycles. The first-order chi connectivity index (χ1) is 9.45. The Morgan fingerprint density at radius 1 is 1.25 bits per heavy atom. The minimum Gasteiger partial charge on any atom is -0.468 e. The smallest absolute Gasteiger partial charge is 0.325 e. The van der Waals surface area contributed by atoms with Crippen molar-refractivity contribution in [2.24, 2.45) is 11.7 Å². The summed E-state index contributed by atoms with van der Waals surface area (Å²) in [7, 11) is 1.30. The highest BCUT2D eigenvalue weighted by Gasteiger charge is 2.25. The van der Waals surface area contributed by atoms with Crippen LogP contribution in [-0.2, 0) is 20.9 Å². The second-order valence-corrected chi connectivity index (χ2v) is 5.03. The largest absolute Gasteiger partial charge is 0.468 e. The van der Waals surface area contributed by atoms with Gasteiger partial charge in [0.1, 0.15) is 6.54 Å². The van der Waals surface area contributed by atoms with Crippen molar-refractivity contribution in [1.29, 1.82) is 0 Å². The SMILES string of the molecule is COC(=O)CN(Cc1ccccc1)C(=O)[C@H](N)C(C)C. The van der Waals surface area contributed by atoms with Crippen molar-refractivity contribution in [3.8, 4) is 0 Å². The maximum atomic E-state index is 12.3. The van der Waals surface area contributed by atoms with E-state index in [4.69, 9.17) is 5.73 Å². The van der Waals surface area contributed by atoms with Crippen molar-refractivity contribution >= 4 is 11.9 Å². The standard InChI is InChI=1S/C15H22N2O3/c1-11(2)14(16)15(19)17(10-13(18)20-3)9-12-7-5-4-6-8-12/h4-8,11,14H,9-10,16H2,1-3H3/t14-/m1/s1. The van der Waals surface area contributed by atoms with E-state index in [1.807, 2.05) is 44.2 Å². The predicted octanol–water partition coefficient (Wildman–Crippen LogP) is 1.17. The zero-order chi connectivity index (χ0) is 15.1. The topological polar surface area (TPSA) is 72.6 Å². The van der Waals surface area contributed by atoms with Gasteiger partial charge in [0.2, 0.25) is 5.91 Å². The molecule has 110 valence electrons. The van der Waals surface area contributed by atoms with Crippen LogP contribution in [0.25, 0.3) is 0 Å². The van der Waals surface area contributed by atoms with Crippen LogP contribution in [0, 0.1) is 5.92 Å². The molecule has 0 spiro atoms. The highest BCUT2D eigenvalue weighted by atomic mass is 16.5. The fraction of sp³-hybridized carbons (Fsp3) is 0.467. The Morgan fingerprint density at radius 3 is 2.35 bits per heavy atom. The van der Waals surface area contributed by atoms with E-state index in [0.717, 1.165) is 5.56 Å². The lowest BCUT2D eigenvalue weighted by Crippen LogP contribution is -2.48. The molecule has 5 nitrogen and oxygen atoms in total. The van der Waals surface area contributed by atoms with Crippen LogP contribution in [0.1, 0.15) is 19.4 Å². The Balaban J connectivity index is 2.85. The van der Waals surface area contributed by atoms with Gasteiger partial charge in [0, 0.05) is 6.54 Å². The molecule has 1 aromatic carbocycles. The molecule has 0 aliphatic heterocycles. The molecule has 0 saturated carbocycles. The fourth-order valence-corrected chi connectivity index (χ4v) is 1.73. The number of carbonyl (C=O) groups is 2. The molecular weight excluding hydrogens is 256 g/mol. The summed E-state index contributed by atoms with van der Waals surface area (Å²) in [6, 6.07) is 8.85. The number of benzene rings is 1. The molecule has 0 saturated heterocycles. The molecule has 0 bridgehead atoms. The van der Waals surface area contributed by atoms with Crippen molar-refractivity contribution in [3.05, 3.63) is 35.9 Å². The van der Waals surface area contributed by atoms with Crippen LogP contribution in [0.2, 0.25) is 0 Å². The van der Waals surface area contributed by atoms with Crippen LogP contribution < -0.4 is 5.73 Å². The number of amides is 1. The summed E-state index contributed by atoms with van der Waals surface area (Å²) >= 11 is 0. The summed E-state index contributed by atoms with van der Waals surface area (Å²) in [5.74, 6) is -0.682. The summed E-state index contributed by atoms with van der Waals surface area (Å²) in [4.78, 5) is 25.2. The highest BCUT2D eigenvalue weighted by molar-refractivity contribution is 5.85. The molecule has 1 amide bonds. The van der Waals surface area contributed by atoms with Gasteiger partial charge in [0.05, 0.1) is 13.2 Å². The molecule has 2 N–H and O–H groups in total. The zero-order valence-electron chi connectivity index (χ0n) is 12.2. The van der Waals surface area contributed by atoms with Gasteiger partial charge >= 0.3 is 5.97 Å². The molecule has 20 heavy (non-hydrogen) atoms. The van der Waals surface area contributed by atoms with Crippen molar-refractivity contribution in [2.45, 2.75) is 26.4 Å². The number of rotatable bonds is 6. The molecule has 1 atom stereocenters. The van der Waals surface area contributed by atoms with Crippen molar-refractivity contribution in [3.63, 3.8) is 0 Å². The number of ether oxygens (including phenoxy) is 1. The van der Waals surface area contributed by atoms with Gasteiger partial charge in [0.25, 0.3) is 0 Å². The van der Waals surface area contributed by atoms with Crippen molar-refractivity contribution in [1.82, 2.24) is 4.90 Å². The molecule has 0 aliphatic carbocycles. The maximum absolute atomic E-state index is 12.3. The monoisotopic (exact) mass is 278 g/mol. The number of esters is 1. The highest BCUT2D eigenvalue weighted by Crippen LogP contribution is 2.09. The molecule has 0 aliphatic rings. The minimum absolute atomic E-state index is 0.0124. The van der Waals surface area contributed by atoms with Gasteiger partial charge in [-0.25, -0.2) is 0 Å². The number of methoxy groups -OCH3 is 1. The van der Waals surface area contributed by atoms with Gasteiger partial charge in [-0.15, -0.1) is 0 Å². The Labute approximate surface area is 119 Å². The quantitative estimate of drug-likeness (QED) is 0.793. The summed E-state index contributed by atoms with van der Waals surface area (Å²) in [6.07, 6.45) is 0. The van der Waals surface area contributed by atoms with E-state index < -0.39 is 12.0 Å². The lowest BCUT2D eigenvalue weighted by Gasteiger charge is -2.26. The van der Waals surface area contributed by atoms with E-state index in [1.54, 1.807) is 0 Å². The van der Waals surface area contributed by atoms with E-state index in [9.17, 15) is 9.59 Å². The van der Waals surface area contributed by atoms with Gasteiger partial charge in [-0.05, 0) is 11.5 Å². The van der Waals surface area contributed by atoms with Crippen molar-refractivity contribution < 1.29 is 14.3 Å². The minimum atomic E-state index is -0.622. The van der Waals surface area contributed by atoms with E-state index in [1.165, 1.54) is 12.0 Å². The second-order valence-electron chi connectivity index (χ2n) is 5.03. The van der Waals surface area contributed by atoms with Crippen LogP contribution in [0.4, 0.5) is 0 Å². The summed E-state index contributed by atoms with van der Waals surface area (Å²) in [6.45, 7) is 4.00. The van der Waals surface area contributed by atoms with E-state index >= 15 is 0 Å². The third-order valence-corrected chi connectivity index (χ3v) is 3.08. The summed E-state index contributed by atoms with van der Waals surface area (Å²) < 4.78 is 4.64. The number of hydrogen-bond acceptors (Lipinski definition) is 4. The van der Waals surface area contributed by atoms with E-state index in [0.29, 0.717) is 6.54 Å². The lowest BCUT2D eigenvalue weighted by atomic mass is 10.0. The van der Waals surface area contributed by atoms with Crippen LogP contribution in [0.15, 0.2) is 30.3 Å². The second kappa shape index (κ2) is 7.65. The number of nitrogens with zero attached hydrogens (tertiary/aromatic N) is 1. The Bertz CT molecular complexity index is 446. The molecule has 0 aromatic heterocycles. The van der Waals surface area contributed by atoms with Crippen LogP contribution >= 0.6 is 0 Å². The van der Waals surface area contributed by atoms with E-state index in [-0.39, 0.29) is 18.4 Å². The van der Waals surface area contributed by atoms with Crippen LogP contribution in [0.3, 0.4) is 0 Å². The average molecular weight is 278 g/mol.